The number of pyridine rings is 1. The number of hydrogen-bond acceptors (Lipinski definition) is 5. The molecular weight excluding hydrogens is 443 g/mol. The SMILES string of the molecule is Cc1cc(C(F)(F)F)cc(Oc2ccc(CCNc3ncnc4c(F)ccc(F)c34)cc2)n1. The first-order valence-corrected chi connectivity index (χ1v) is 9.86. The van der Waals surface area contributed by atoms with Crippen LogP contribution in [0.1, 0.15) is 16.8 Å². The average molecular weight is 460 g/mol. The maximum absolute atomic E-state index is 14.1. The maximum Gasteiger partial charge on any atom is 0.416 e. The molecule has 0 atom stereocenters. The number of benzene rings is 2. The van der Waals surface area contributed by atoms with Crippen LogP contribution in [-0.2, 0) is 12.6 Å². The highest BCUT2D eigenvalue weighted by atomic mass is 19.4. The number of fused-ring (bicyclic) bond motifs is 1. The molecule has 0 aliphatic rings. The maximum atomic E-state index is 14.1. The van der Waals surface area contributed by atoms with Crippen molar-refractivity contribution in [2.75, 3.05) is 11.9 Å². The number of anilines is 1. The third-order valence-corrected chi connectivity index (χ3v) is 4.80. The highest BCUT2D eigenvalue weighted by Crippen LogP contribution is 2.32. The fourth-order valence-corrected chi connectivity index (χ4v) is 3.26. The second kappa shape index (κ2) is 8.97. The molecule has 5 nitrogen and oxygen atoms in total. The first-order valence-electron chi connectivity index (χ1n) is 9.86. The van der Waals surface area contributed by atoms with Gasteiger partial charge in [-0.25, -0.2) is 23.7 Å². The third-order valence-electron chi connectivity index (χ3n) is 4.80. The molecule has 0 aliphatic carbocycles. The number of alkyl halides is 3. The summed E-state index contributed by atoms with van der Waals surface area (Å²) in [4.78, 5) is 11.8. The van der Waals surface area contributed by atoms with Crippen molar-refractivity contribution in [3.8, 4) is 11.6 Å². The number of nitrogens with zero attached hydrogens (tertiary/aromatic N) is 3. The molecule has 0 fully saturated rings. The summed E-state index contributed by atoms with van der Waals surface area (Å²) in [5.41, 5.74) is 0.137. The molecule has 0 unspecified atom stereocenters. The van der Waals surface area contributed by atoms with Crippen molar-refractivity contribution in [1.29, 1.82) is 0 Å². The van der Waals surface area contributed by atoms with Crippen molar-refractivity contribution in [2.45, 2.75) is 19.5 Å². The Kier molecular flexibility index (Phi) is 6.08. The van der Waals surface area contributed by atoms with Crippen LogP contribution in [0.2, 0.25) is 0 Å². The molecular formula is C23H17F5N4O. The summed E-state index contributed by atoms with van der Waals surface area (Å²) in [6.07, 6.45) is -2.82. The molecule has 0 amide bonds. The molecule has 170 valence electrons. The van der Waals surface area contributed by atoms with E-state index < -0.39 is 23.4 Å². The predicted octanol–water partition coefficient (Wildman–Crippen LogP) is 6.08. The lowest BCUT2D eigenvalue weighted by Gasteiger charge is -2.11. The van der Waals surface area contributed by atoms with Gasteiger partial charge in [0.25, 0.3) is 0 Å². The summed E-state index contributed by atoms with van der Waals surface area (Å²) >= 11 is 0. The zero-order valence-corrected chi connectivity index (χ0v) is 17.3. The number of ether oxygens (including phenoxy) is 1. The van der Waals surface area contributed by atoms with Gasteiger partial charge in [-0.1, -0.05) is 12.1 Å². The Bertz CT molecular complexity index is 1290. The van der Waals surface area contributed by atoms with Crippen LogP contribution in [0.3, 0.4) is 0 Å². The van der Waals surface area contributed by atoms with Crippen LogP contribution < -0.4 is 10.1 Å². The summed E-state index contributed by atoms with van der Waals surface area (Å²) in [6, 6.07) is 10.5. The van der Waals surface area contributed by atoms with Crippen molar-refractivity contribution in [3.05, 3.63) is 83.3 Å². The van der Waals surface area contributed by atoms with Crippen molar-refractivity contribution in [2.24, 2.45) is 0 Å². The van der Waals surface area contributed by atoms with E-state index in [2.05, 4.69) is 20.3 Å². The Morgan fingerprint density at radius 3 is 2.39 bits per heavy atom. The number of halogens is 5. The van der Waals surface area contributed by atoms with Gasteiger partial charge in [-0.2, -0.15) is 13.2 Å². The highest BCUT2D eigenvalue weighted by molar-refractivity contribution is 5.89. The van der Waals surface area contributed by atoms with Gasteiger partial charge in [-0.15, -0.1) is 0 Å². The summed E-state index contributed by atoms with van der Waals surface area (Å²) in [7, 11) is 0. The lowest BCUT2D eigenvalue weighted by Crippen LogP contribution is -2.08. The molecule has 33 heavy (non-hydrogen) atoms. The molecule has 10 heteroatoms. The van der Waals surface area contributed by atoms with Crippen LogP contribution in [0.5, 0.6) is 11.6 Å². The van der Waals surface area contributed by atoms with Crippen LogP contribution in [0.25, 0.3) is 10.9 Å². The average Bonchev–Trinajstić information content (AvgIpc) is 2.77. The normalized spacial score (nSPS) is 11.6. The molecule has 0 spiro atoms. The molecule has 4 rings (SSSR count). The van der Waals surface area contributed by atoms with E-state index in [0.717, 1.165) is 36.2 Å². The van der Waals surface area contributed by atoms with E-state index in [1.807, 2.05) is 0 Å². The second-order valence-electron chi connectivity index (χ2n) is 7.23. The minimum Gasteiger partial charge on any atom is -0.439 e. The van der Waals surface area contributed by atoms with Crippen LogP contribution in [0.4, 0.5) is 27.8 Å². The predicted molar refractivity (Wildman–Crippen MR) is 112 cm³/mol. The number of aromatic nitrogens is 3. The largest absolute Gasteiger partial charge is 0.439 e. The lowest BCUT2D eigenvalue weighted by molar-refractivity contribution is -0.137. The molecule has 0 saturated heterocycles. The van der Waals surface area contributed by atoms with E-state index in [0.29, 0.717) is 18.7 Å². The summed E-state index contributed by atoms with van der Waals surface area (Å²) in [5.74, 6) is -0.908. The van der Waals surface area contributed by atoms with Gasteiger partial charge in [0.2, 0.25) is 5.88 Å². The first kappa shape index (κ1) is 22.4. The number of rotatable bonds is 6. The lowest BCUT2D eigenvalue weighted by atomic mass is 10.1. The van der Waals surface area contributed by atoms with Gasteiger partial charge in [0.1, 0.15) is 35.0 Å². The fourth-order valence-electron chi connectivity index (χ4n) is 3.26. The van der Waals surface area contributed by atoms with Crippen molar-refractivity contribution < 1.29 is 26.7 Å². The smallest absolute Gasteiger partial charge is 0.416 e. The number of nitrogens with one attached hydrogen (secondary N) is 1. The van der Waals surface area contributed by atoms with Gasteiger partial charge in [-0.05, 0) is 49.2 Å². The second-order valence-corrected chi connectivity index (χ2v) is 7.23. The van der Waals surface area contributed by atoms with Gasteiger partial charge >= 0.3 is 6.18 Å². The van der Waals surface area contributed by atoms with Crippen molar-refractivity contribution >= 4 is 16.7 Å². The molecule has 0 saturated carbocycles. The van der Waals surface area contributed by atoms with E-state index in [1.54, 1.807) is 24.3 Å². The minimum absolute atomic E-state index is 0.0230. The van der Waals surface area contributed by atoms with E-state index in [-0.39, 0.29) is 28.3 Å². The fraction of sp³-hybridized carbons (Fsp3) is 0.174. The molecule has 2 heterocycles. The molecule has 2 aromatic carbocycles. The number of hydrogen-bond donors (Lipinski definition) is 1. The molecule has 2 aromatic heterocycles. The Hall–Kier alpha value is -3.82. The molecule has 0 radical (unpaired) electrons. The van der Waals surface area contributed by atoms with E-state index in [9.17, 15) is 22.0 Å². The van der Waals surface area contributed by atoms with Crippen LogP contribution in [0, 0.1) is 18.6 Å². The zero-order chi connectivity index (χ0) is 23.6. The summed E-state index contributed by atoms with van der Waals surface area (Å²) in [5, 5.41) is 2.96. The highest BCUT2D eigenvalue weighted by Gasteiger charge is 2.31. The summed E-state index contributed by atoms with van der Waals surface area (Å²) in [6.45, 7) is 1.83. The van der Waals surface area contributed by atoms with Gasteiger partial charge < -0.3 is 10.1 Å². The van der Waals surface area contributed by atoms with Crippen LogP contribution in [-0.4, -0.2) is 21.5 Å². The van der Waals surface area contributed by atoms with Crippen molar-refractivity contribution in [1.82, 2.24) is 15.0 Å². The quantitative estimate of drug-likeness (QED) is 0.354. The zero-order valence-electron chi connectivity index (χ0n) is 17.3. The number of aryl methyl sites for hydroxylation is 1. The molecule has 0 bridgehead atoms. The van der Waals surface area contributed by atoms with Gasteiger partial charge in [0, 0.05) is 18.3 Å². The standard InChI is InChI=1S/C23H17F5N4O/c1-13-10-15(23(26,27)28)11-19(32-13)33-16-4-2-14(3-5-16)8-9-29-22-20-17(24)6-7-18(25)21(20)30-12-31-22/h2-7,10-12H,8-9H2,1H3,(H,29,30,31). The molecule has 1 N–H and O–H groups in total. The monoisotopic (exact) mass is 460 g/mol. The third kappa shape index (κ3) is 5.16. The van der Waals surface area contributed by atoms with Crippen LogP contribution >= 0.6 is 0 Å². The topological polar surface area (TPSA) is 59.9 Å². The van der Waals surface area contributed by atoms with E-state index >= 15 is 0 Å². The first-order chi connectivity index (χ1) is 15.7. The van der Waals surface area contributed by atoms with Gasteiger partial charge in [0.05, 0.1) is 10.9 Å². The molecule has 4 aromatic rings. The van der Waals surface area contributed by atoms with Gasteiger partial charge in [0.15, 0.2) is 0 Å². The van der Waals surface area contributed by atoms with Crippen LogP contribution in [0.15, 0.2) is 54.9 Å². The minimum atomic E-state index is -4.49. The van der Waals surface area contributed by atoms with Crippen molar-refractivity contribution in [3.63, 3.8) is 0 Å². The summed E-state index contributed by atoms with van der Waals surface area (Å²) < 4.78 is 72.4. The Labute approximate surface area is 185 Å². The Morgan fingerprint density at radius 1 is 0.939 bits per heavy atom. The van der Waals surface area contributed by atoms with Gasteiger partial charge in [-0.3, -0.25) is 0 Å². The Morgan fingerprint density at radius 2 is 1.67 bits per heavy atom. The van der Waals surface area contributed by atoms with E-state index in [1.165, 1.54) is 6.92 Å². The molecule has 0 aliphatic heterocycles. The Balaban J connectivity index is 1.41. The van der Waals surface area contributed by atoms with E-state index in [4.69, 9.17) is 4.74 Å².